The molecule has 5 atom stereocenters. The van der Waals surface area contributed by atoms with Gasteiger partial charge in [-0.25, -0.2) is 15.0 Å². The van der Waals surface area contributed by atoms with Gasteiger partial charge in [0.05, 0.1) is 18.5 Å². The summed E-state index contributed by atoms with van der Waals surface area (Å²) < 4.78 is 1.72. The highest BCUT2D eigenvalue weighted by Crippen LogP contribution is 2.41. The summed E-state index contributed by atoms with van der Waals surface area (Å²) in [6.45, 7) is 3.37. The SMILES string of the molecule is C[C@@]1(O)[C@H](O)[C@H](O)C[C@H]1n1cnc2c(N[C@H]3CCNC3)ncnc21.Cl.Cl. The van der Waals surface area contributed by atoms with Gasteiger partial charge in [0.25, 0.3) is 0 Å². The number of nitrogens with zero attached hydrogens (tertiary/aromatic N) is 4. The maximum atomic E-state index is 10.6. The summed E-state index contributed by atoms with van der Waals surface area (Å²) in [4.78, 5) is 13.0. The van der Waals surface area contributed by atoms with Crippen LogP contribution < -0.4 is 10.6 Å². The number of aromatic nitrogens is 4. The summed E-state index contributed by atoms with van der Waals surface area (Å²) in [5, 5.41) is 37.2. The molecule has 9 nitrogen and oxygen atoms in total. The first-order valence-electron chi connectivity index (χ1n) is 8.21. The predicted molar refractivity (Wildman–Crippen MR) is 101 cm³/mol. The van der Waals surface area contributed by atoms with E-state index in [0.717, 1.165) is 19.5 Å². The van der Waals surface area contributed by atoms with E-state index in [-0.39, 0.29) is 31.2 Å². The largest absolute Gasteiger partial charge is 0.390 e. The van der Waals surface area contributed by atoms with Crippen molar-refractivity contribution in [1.29, 1.82) is 0 Å². The third-order valence-corrected chi connectivity index (χ3v) is 5.20. The average Bonchev–Trinajstić information content (AvgIpc) is 3.25. The van der Waals surface area contributed by atoms with Gasteiger partial charge in [0, 0.05) is 12.6 Å². The van der Waals surface area contributed by atoms with Crippen LogP contribution in [0.25, 0.3) is 11.2 Å². The fraction of sp³-hybridized carbons (Fsp3) is 0.667. The van der Waals surface area contributed by atoms with Gasteiger partial charge in [-0.05, 0) is 26.3 Å². The summed E-state index contributed by atoms with van der Waals surface area (Å²) in [7, 11) is 0. The van der Waals surface area contributed by atoms with Crippen molar-refractivity contribution in [3.8, 4) is 0 Å². The molecule has 4 rings (SSSR count). The van der Waals surface area contributed by atoms with Crippen molar-refractivity contribution >= 4 is 41.8 Å². The van der Waals surface area contributed by atoms with Crippen molar-refractivity contribution in [2.24, 2.45) is 0 Å². The van der Waals surface area contributed by atoms with E-state index in [4.69, 9.17) is 0 Å². The third-order valence-electron chi connectivity index (χ3n) is 5.20. The van der Waals surface area contributed by atoms with Crippen LogP contribution in [0.1, 0.15) is 25.8 Å². The predicted octanol–water partition coefficient (Wildman–Crippen LogP) is -0.139. The highest BCUT2D eigenvalue weighted by molar-refractivity contribution is 5.85. The lowest BCUT2D eigenvalue weighted by Crippen LogP contribution is -2.43. The Hall–Kier alpha value is -1.23. The number of aliphatic hydroxyl groups is 3. The Morgan fingerprint density at radius 2 is 2.04 bits per heavy atom. The first-order valence-corrected chi connectivity index (χ1v) is 8.21. The lowest BCUT2D eigenvalue weighted by Gasteiger charge is -2.29. The maximum absolute atomic E-state index is 10.6. The fourth-order valence-corrected chi connectivity index (χ4v) is 3.73. The number of hydrogen-bond donors (Lipinski definition) is 5. The number of aliphatic hydroxyl groups excluding tert-OH is 2. The van der Waals surface area contributed by atoms with E-state index in [0.29, 0.717) is 23.0 Å². The van der Waals surface area contributed by atoms with Crippen LogP contribution in [-0.4, -0.2) is 71.8 Å². The zero-order valence-electron chi connectivity index (χ0n) is 14.2. The molecule has 2 aromatic rings. The van der Waals surface area contributed by atoms with Gasteiger partial charge in [-0.1, -0.05) is 0 Å². The molecule has 2 aromatic heterocycles. The number of hydrogen-bond acceptors (Lipinski definition) is 8. The van der Waals surface area contributed by atoms with Gasteiger partial charge in [0.15, 0.2) is 11.5 Å². The Balaban J connectivity index is 0.00000121. The van der Waals surface area contributed by atoms with Crippen molar-refractivity contribution in [3.63, 3.8) is 0 Å². The quantitative estimate of drug-likeness (QED) is 0.476. The lowest BCUT2D eigenvalue weighted by molar-refractivity contribution is -0.0884. The van der Waals surface area contributed by atoms with E-state index in [1.807, 2.05) is 0 Å². The molecule has 11 heteroatoms. The van der Waals surface area contributed by atoms with Crippen LogP contribution in [-0.2, 0) is 0 Å². The molecule has 26 heavy (non-hydrogen) atoms. The smallest absolute Gasteiger partial charge is 0.165 e. The fourth-order valence-electron chi connectivity index (χ4n) is 3.73. The van der Waals surface area contributed by atoms with Crippen molar-refractivity contribution in [3.05, 3.63) is 12.7 Å². The molecule has 146 valence electrons. The number of fused-ring (bicyclic) bond motifs is 1. The molecule has 1 aliphatic heterocycles. The molecule has 0 aromatic carbocycles. The Kier molecular flexibility index (Phi) is 6.32. The van der Waals surface area contributed by atoms with Gasteiger partial charge >= 0.3 is 0 Å². The molecule has 0 unspecified atom stereocenters. The minimum absolute atomic E-state index is 0. The van der Waals surface area contributed by atoms with E-state index in [2.05, 4.69) is 25.6 Å². The van der Waals surface area contributed by atoms with Crippen LogP contribution in [0.3, 0.4) is 0 Å². The Labute approximate surface area is 163 Å². The van der Waals surface area contributed by atoms with Crippen LogP contribution in [0.5, 0.6) is 0 Å². The molecular weight excluding hydrogens is 383 g/mol. The van der Waals surface area contributed by atoms with Crippen LogP contribution in [0.15, 0.2) is 12.7 Å². The second-order valence-corrected chi connectivity index (χ2v) is 6.87. The summed E-state index contributed by atoms with van der Waals surface area (Å²) >= 11 is 0. The van der Waals surface area contributed by atoms with E-state index in [9.17, 15) is 15.3 Å². The highest BCUT2D eigenvalue weighted by Gasteiger charge is 2.51. The zero-order valence-corrected chi connectivity index (χ0v) is 15.9. The maximum Gasteiger partial charge on any atom is 0.165 e. The third kappa shape index (κ3) is 3.35. The minimum Gasteiger partial charge on any atom is -0.390 e. The van der Waals surface area contributed by atoms with Gasteiger partial charge in [0.2, 0.25) is 0 Å². The summed E-state index contributed by atoms with van der Waals surface area (Å²) in [5.74, 6) is 0.659. The van der Waals surface area contributed by atoms with Gasteiger partial charge in [-0.2, -0.15) is 0 Å². The van der Waals surface area contributed by atoms with Gasteiger partial charge in [-0.15, -0.1) is 24.8 Å². The Morgan fingerprint density at radius 1 is 1.27 bits per heavy atom. The second-order valence-electron chi connectivity index (χ2n) is 6.87. The van der Waals surface area contributed by atoms with Crippen molar-refractivity contribution in [2.75, 3.05) is 18.4 Å². The van der Waals surface area contributed by atoms with Gasteiger partial charge in [-0.3, -0.25) is 0 Å². The molecule has 1 saturated carbocycles. The standard InChI is InChI=1S/C15H22N6O3.2ClH/c1-15(24)10(4-9(22)12(15)23)21-7-19-11-13(17-6-18-14(11)21)20-8-2-3-16-5-8;;/h6-10,12,16,22-24H,2-5H2,1H3,(H,17,18,20);2*1H/t8-,9+,10+,12+,15-;;/m0../s1. The molecule has 3 heterocycles. The molecule has 0 bridgehead atoms. The zero-order chi connectivity index (χ0) is 16.9. The number of imidazole rings is 1. The first kappa shape index (κ1) is 21.1. The van der Waals surface area contributed by atoms with Crippen LogP contribution in [0, 0.1) is 0 Å². The number of nitrogens with one attached hydrogen (secondary N) is 2. The molecule has 2 aliphatic rings. The van der Waals surface area contributed by atoms with Crippen LogP contribution >= 0.6 is 24.8 Å². The van der Waals surface area contributed by atoms with E-state index >= 15 is 0 Å². The summed E-state index contributed by atoms with van der Waals surface area (Å²) in [5.41, 5.74) is -0.262. The molecular formula is C15H24Cl2N6O3. The topological polar surface area (TPSA) is 128 Å². The Morgan fingerprint density at radius 3 is 2.65 bits per heavy atom. The monoisotopic (exact) mass is 406 g/mol. The molecule has 0 spiro atoms. The van der Waals surface area contributed by atoms with Gasteiger partial charge < -0.3 is 30.5 Å². The van der Waals surface area contributed by atoms with Crippen molar-refractivity contribution < 1.29 is 15.3 Å². The molecule has 1 saturated heterocycles. The van der Waals surface area contributed by atoms with E-state index in [1.165, 1.54) is 13.3 Å². The molecule has 1 aliphatic carbocycles. The highest BCUT2D eigenvalue weighted by atomic mass is 35.5. The summed E-state index contributed by atoms with van der Waals surface area (Å²) in [6.07, 6.45) is 2.11. The average molecular weight is 407 g/mol. The van der Waals surface area contributed by atoms with Crippen LogP contribution in [0.2, 0.25) is 0 Å². The van der Waals surface area contributed by atoms with E-state index in [1.54, 1.807) is 10.9 Å². The van der Waals surface area contributed by atoms with E-state index < -0.39 is 23.9 Å². The number of anilines is 1. The molecule has 2 fully saturated rings. The molecule has 0 radical (unpaired) electrons. The first-order chi connectivity index (χ1) is 11.5. The minimum atomic E-state index is -1.46. The number of rotatable bonds is 3. The second kappa shape index (κ2) is 7.79. The molecule has 0 amide bonds. The van der Waals surface area contributed by atoms with Crippen LogP contribution in [0.4, 0.5) is 5.82 Å². The van der Waals surface area contributed by atoms with Gasteiger partial charge in [0.1, 0.15) is 23.5 Å². The lowest BCUT2D eigenvalue weighted by atomic mass is 9.98. The van der Waals surface area contributed by atoms with Crippen molar-refractivity contribution in [2.45, 2.75) is 49.7 Å². The summed E-state index contributed by atoms with van der Waals surface area (Å²) in [6, 6.07) is -0.213. The number of halogens is 2. The normalized spacial score (nSPS) is 33.7. The Bertz CT molecular complexity index is 752. The van der Waals surface area contributed by atoms with Crippen molar-refractivity contribution in [1.82, 2.24) is 24.8 Å². The molecule has 5 N–H and O–H groups in total.